The van der Waals surface area contributed by atoms with E-state index in [2.05, 4.69) is 9.72 Å². The van der Waals surface area contributed by atoms with Crippen LogP contribution in [-0.2, 0) is 0 Å². The van der Waals surface area contributed by atoms with Crippen molar-refractivity contribution in [1.29, 1.82) is 5.26 Å². The number of rotatable bonds is 3. The van der Waals surface area contributed by atoms with Gasteiger partial charge in [0, 0.05) is 11.8 Å². The summed E-state index contributed by atoms with van der Waals surface area (Å²) in [5.74, 6) is -0.0354. The third-order valence-electron chi connectivity index (χ3n) is 2.47. The van der Waals surface area contributed by atoms with Gasteiger partial charge >= 0.3 is 6.61 Å². The highest BCUT2D eigenvalue weighted by Crippen LogP contribution is 2.33. The molecular weight excluding hydrogens is 252 g/mol. The molecule has 2 aromatic rings. The number of nitrogens with zero attached hydrogens (tertiary/aromatic N) is 2. The van der Waals surface area contributed by atoms with Gasteiger partial charge in [-0.25, -0.2) is 0 Å². The highest BCUT2D eigenvalue weighted by atomic mass is 19.3. The Morgan fingerprint density at radius 3 is 2.68 bits per heavy atom. The molecule has 96 valence electrons. The second-order valence-electron chi connectivity index (χ2n) is 3.61. The number of para-hydroxylation sites is 1. The van der Waals surface area contributed by atoms with Gasteiger partial charge in [0.15, 0.2) is 0 Å². The highest BCUT2D eigenvalue weighted by Gasteiger charge is 2.15. The third-order valence-corrected chi connectivity index (χ3v) is 2.47. The van der Waals surface area contributed by atoms with E-state index in [0.29, 0.717) is 5.56 Å². The molecule has 4 nitrogen and oxygen atoms in total. The maximum absolute atomic E-state index is 12.3. The van der Waals surface area contributed by atoms with Crippen molar-refractivity contribution in [1.82, 2.24) is 4.98 Å². The molecule has 0 aliphatic carbocycles. The Kier molecular flexibility index (Phi) is 3.57. The van der Waals surface area contributed by atoms with Crippen LogP contribution in [0.2, 0.25) is 0 Å². The van der Waals surface area contributed by atoms with Crippen molar-refractivity contribution in [3.05, 3.63) is 42.1 Å². The van der Waals surface area contributed by atoms with Crippen molar-refractivity contribution in [2.24, 2.45) is 0 Å². The fourth-order valence-electron chi connectivity index (χ4n) is 1.65. The number of nitrogen functional groups attached to an aromatic ring is 1. The van der Waals surface area contributed by atoms with Crippen LogP contribution >= 0.6 is 0 Å². The zero-order chi connectivity index (χ0) is 13.8. The lowest BCUT2D eigenvalue weighted by Gasteiger charge is -2.11. The van der Waals surface area contributed by atoms with E-state index in [1.165, 1.54) is 18.3 Å². The molecule has 1 heterocycles. The molecule has 0 aliphatic heterocycles. The number of pyridine rings is 1. The maximum Gasteiger partial charge on any atom is 0.387 e. The van der Waals surface area contributed by atoms with Gasteiger partial charge in [-0.05, 0) is 18.2 Å². The molecule has 6 heteroatoms. The highest BCUT2D eigenvalue weighted by molar-refractivity contribution is 5.80. The lowest BCUT2D eigenvalue weighted by molar-refractivity contribution is -0.0494. The number of aromatic nitrogens is 1. The van der Waals surface area contributed by atoms with Crippen LogP contribution in [0.3, 0.4) is 0 Å². The molecule has 0 saturated heterocycles. The topological polar surface area (TPSA) is 71.9 Å². The largest absolute Gasteiger partial charge is 0.434 e. The molecule has 0 saturated carbocycles. The predicted molar refractivity (Wildman–Crippen MR) is 65.4 cm³/mol. The van der Waals surface area contributed by atoms with E-state index in [1.807, 2.05) is 6.07 Å². The molecule has 1 aromatic heterocycles. The Morgan fingerprint density at radius 1 is 1.26 bits per heavy atom. The van der Waals surface area contributed by atoms with Crippen molar-refractivity contribution in [2.75, 3.05) is 5.73 Å². The molecule has 0 bridgehead atoms. The van der Waals surface area contributed by atoms with Gasteiger partial charge in [-0.3, -0.25) is 4.98 Å². The molecule has 1 aromatic carbocycles. The Bertz CT molecular complexity index is 638. The van der Waals surface area contributed by atoms with Gasteiger partial charge < -0.3 is 10.5 Å². The molecule has 2 N–H and O–H groups in total. The van der Waals surface area contributed by atoms with Gasteiger partial charge in [0.05, 0.1) is 16.9 Å². The lowest BCUT2D eigenvalue weighted by atomic mass is 10.1. The molecular formula is C13H9F2N3O. The quantitative estimate of drug-likeness (QED) is 0.922. The molecule has 0 radical (unpaired) electrons. The van der Waals surface area contributed by atoms with E-state index >= 15 is 0 Å². The molecule has 0 fully saturated rings. The summed E-state index contributed by atoms with van der Waals surface area (Å²) < 4.78 is 29.1. The average Bonchev–Trinajstić information content (AvgIpc) is 2.39. The zero-order valence-corrected chi connectivity index (χ0v) is 9.68. The first-order valence-electron chi connectivity index (χ1n) is 5.32. The molecule has 0 atom stereocenters. The molecule has 2 rings (SSSR count). The number of anilines is 1. The first-order chi connectivity index (χ1) is 9.13. The number of benzene rings is 1. The second kappa shape index (κ2) is 5.31. The van der Waals surface area contributed by atoms with E-state index in [0.717, 1.165) is 0 Å². The Hall–Kier alpha value is -2.68. The minimum Gasteiger partial charge on any atom is -0.434 e. The number of alkyl halides is 2. The number of halogens is 2. The Balaban J connectivity index is 2.57. The first kappa shape index (κ1) is 12.8. The summed E-state index contributed by atoms with van der Waals surface area (Å²) in [4.78, 5) is 4.02. The average molecular weight is 261 g/mol. The van der Waals surface area contributed by atoms with Gasteiger partial charge in [-0.1, -0.05) is 12.1 Å². The summed E-state index contributed by atoms with van der Waals surface area (Å²) >= 11 is 0. The summed E-state index contributed by atoms with van der Waals surface area (Å²) in [5.41, 5.74) is 6.73. The van der Waals surface area contributed by atoms with E-state index in [4.69, 9.17) is 11.0 Å². The van der Waals surface area contributed by atoms with Gasteiger partial charge in [0.1, 0.15) is 11.8 Å². The number of hydrogen-bond donors (Lipinski definition) is 1. The van der Waals surface area contributed by atoms with E-state index in [9.17, 15) is 8.78 Å². The Morgan fingerprint density at radius 2 is 2.00 bits per heavy atom. The monoisotopic (exact) mass is 261 g/mol. The van der Waals surface area contributed by atoms with Gasteiger partial charge in [0.25, 0.3) is 0 Å². The van der Waals surface area contributed by atoms with Crippen LogP contribution in [0.5, 0.6) is 5.75 Å². The van der Waals surface area contributed by atoms with Crippen LogP contribution in [0.4, 0.5) is 14.5 Å². The van der Waals surface area contributed by atoms with Crippen LogP contribution in [0, 0.1) is 11.3 Å². The van der Waals surface area contributed by atoms with Crippen LogP contribution in [0.1, 0.15) is 5.56 Å². The van der Waals surface area contributed by atoms with Gasteiger partial charge in [-0.15, -0.1) is 0 Å². The predicted octanol–water partition coefficient (Wildman–Crippen LogP) is 2.80. The Labute approximate surface area is 108 Å². The molecule has 0 unspecified atom stereocenters. The van der Waals surface area contributed by atoms with E-state index in [-0.39, 0.29) is 22.7 Å². The van der Waals surface area contributed by atoms with Crippen molar-refractivity contribution < 1.29 is 13.5 Å². The van der Waals surface area contributed by atoms with E-state index in [1.54, 1.807) is 18.2 Å². The first-order valence-corrected chi connectivity index (χ1v) is 5.32. The number of hydrogen-bond acceptors (Lipinski definition) is 4. The lowest BCUT2D eigenvalue weighted by Crippen LogP contribution is -2.04. The van der Waals surface area contributed by atoms with E-state index < -0.39 is 6.61 Å². The molecule has 0 spiro atoms. The maximum atomic E-state index is 12.3. The zero-order valence-electron chi connectivity index (χ0n) is 9.68. The fraction of sp³-hybridized carbons (Fsp3) is 0.0769. The second-order valence-corrected chi connectivity index (χ2v) is 3.61. The number of nitriles is 1. The van der Waals surface area contributed by atoms with Crippen molar-refractivity contribution in [3.8, 4) is 23.1 Å². The normalized spacial score (nSPS) is 10.2. The summed E-state index contributed by atoms with van der Waals surface area (Å²) in [5, 5.41) is 8.90. The van der Waals surface area contributed by atoms with Crippen molar-refractivity contribution in [3.63, 3.8) is 0 Å². The fourth-order valence-corrected chi connectivity index (χ4v) is 1.65. The van der Waals surface area contributed by atoms with Gasteiger partial charge in [-0.2, -0.15) is 14.0 Å². The summed E-state index contributed by atoms with van der Waals surface area (Å²) in [7, 11) is 0. The molecule has 0 amide bonds. The van der Waals surface area contributed by atoms with Crippen LogP contribution < -0.4 is 10.5 Å². The summed E-state index contributed by atoms with van der Waals surface area (Å²) in [6.45, 7) is -2.94. The molecule has 19 heavy (non-hydrogen) atoms. The van der Waals surface area contributed by atoms with Crippen molar-refractivity contribution in [2.45, 2.75) is 6.61 Å². The van der Waals surface area contributed by atoms with Crippen LogP contribution in [0.15, 0.2) is 36.5 Å². The van der Waals surface area contributed by atoms with Crippen LogP contribution in [-0.4, -0.2) is 11.6 Å². The number of nitrogens with two attached hydrogens (primary N) is 1. The van der Waals surface area contributed by atoms with Crippen molar-refractivity contribution >= 4 is 5.69 Å². The molecule has 0 aliphatic rings. The van der Waals surface area contributed by atoms with Crippen LogP contribution in [0.25, 0.3) is 11.3 Å². The SMILES string of the molecule is N#Cc1ccnc(-c2ccccc2OC(F)F)c1N. The summed E-state index contributed by atoms with van der Waals surface area (Å²) in [6, 6.07) is 9.52. The summed E-state index contributed by atoms with van der Waals surface area (Å²) in [6.07, 6.45) is 1.39. The number of ether oxygens (including phenoxy) is 1. The third kappa shape index (κ3) is 2.60. The standard InChI is InChI=1S/C13H9F2N3O/c14-13(15)19-10-4-2-1-3-9(10)12-11(17)8(7-16)5-6-18-12/h1-6,13H,17H2. The minimum absolute atomic E-state index is 0.0354. The van der Waals surface area contributed by atoms with Gasteiger partial charge in [0.2, 0.25) is 0 Å². The smallest absolute Gasteiger partial charge is 0.387 e. The minimum atomic E-state index is -2.94.